The number of carbonyl (C=O) groups excluding carboxylic acids is 1. The van der Waals surface area contributed by atoms with E-state index in [1.165, 1.54) is 11.9 Å². The lowest BCUT2D eigenvalue weighted by atomic mass is 9.76. The van der Waals surface area contributed by atoms with Gasteiger partial charge in [0.05, 0.1) is 6.34 Å². The van der Waals surface area contributed by atoms with E-state index in [0.717, 1.165) is 36.3 Å². The molecule has 1 aromatic rings. The summed E-state index contributed by atoms with van der Waals surface area (Å²) in [5.41, 5.74) is 8.08. The molecule has 0 aliphatic heterocycles. The van der Waals surface area contributed by atoms with Gasteiger partial charge in [0.2, 0.25) is 0 Å². The maximum Gasteiger partial charge on any atom is 0.184 e. The number of Topliss-reactive ketones (excluding diaryl/α,β-unsaturated/α-hetero) is 1. The molecule has 22 heavy (non-hydrogen) atoms. The number of nitrogens with zero attached hydrogens (tertiary/aromatic N) is 1. The maximum absolute atomic E-state index is 12.6. The van der Waals surface area contributed by atoms with Crippen LogP contribution in [-0.4, -0.2) is 12.1 Å². The van der Waals surface area contributed by atoms with E-state index in [2.05, 4.69) is 11.1 Å². The number of halogens is 1. The summed E-state index contributed by atoms with van der Waals surface area (Å²) in [7, 11) is 0. The molecule has 4 heteroatoms. The van der Waals surface area contributed by atoms with Gasteiger partial charge in [-0.15, -0.1) is 0 Å². The molecule has 1 aromatic carbocycles. The lowest BCUT2D eigenvalue weighted by molar-refractivity contribution is -0.120. The monoisotopic (exact) mass is 318 g/mol. The summed E-state index contributed by atoms with van der Waals surface area (Å²) in [6, 6.07) is 8.05. The fourth-order valence-electron chi connectivity index (χ4n) is 3.16. The van der Waals surface area contributed by atoms with Crippen molar-refractivity contribution in [3.63, 3.8) is 0 Å². The maximum atomic E-state index is 12.6. The molecule has 0 spiro atoms. The molecule has 1 aliphatic rings. The van der Waals surface area contributed by atoms with E-state index in [1.807, 2.05) is 32.0 Å². The molecule has 3 nitrogen and oxygen atoms in total. The Hall–Kier alpha value is -1.61. The molecule has 2 rings (SSSR count). The van der Waals surface area contributed by atoms with E-state index >= 15 is 0 Å². The highest BCUT2D eigenvalue weighted by molar-refractivity contribution is 6.30. The molecule has 118 valence electrons. The molecule has 0 unspecified atom stereocenters. The Morgan fingerprint density at radius 1 is 1.27 bits per heavy atom. The van der Waals surface area contributed by atoms with Crippen LogP contribution in [0.5, 0.6) is 0 Å². The first-order valence-electron chi connectivity index (χ1n) is 7.74. The highest BCUT2D eigenvalue weighted by Crippen LogP contribution is 2.37. The summed E-state index contributed by atoms with van der Waals surface area (Å²) in [4.78, 5) is 16.6. The third kappa shape index (κ3) is 3.98. The zero-order valence-corrected chi connectivity index (χ0v) is 13.9. The molecule has 0 heterocycles. The van der Waals surface area contributed by atoms with E-state index in [-0.39, 0.29) is 11.7 Å². The van der Waals surface area contributed by atoms with Crippen LogP contribution >= 0.6 is 11.6 Å². The Morgan fingerprint density at radius 3 is 2.50 bits per heavy atom. The highest BCUT2D eigenvalue weighted by atomic mass is 35.5. The molecule has 1 aliphatic carbocycles. The summed E-state index contributed by atoms with van der Waals surface area (Å²) in [6.45, 7) is 3.80. The van der Waals surface area contributed by atoms with Gasteiger partial charge in [0.1, 0.15) is 5.70 Å². The van der Waals surface area contributed by atoms with Crippen LogP contribution in [-0.2, 0) is 4.79 Å². The van der Waals surface area contributed by atoms with Gasteiger partial charge in [-0.2, -0.15) is 0 Å². The Balaban J connectivity index is 2.03. The van der Waals surface area contributed by atoms with Crippen molar-refractivity contribution >= 4 is 23.7 Å². The van der Waals surface area contributed by atoms with Gasteiger partial charge in [-0.3, -0.25) is 4.79 Å². The number of nitrogens with two attached hydrogens (primary N) is 1. The Labute approximate surface area is 137 Å². The zero-order valence-electron chi connectivity index (χ0n) is 13.2. The van der Waals surface area contributed by atoms with Crippen molar-refractivity contribution in [2.24, 2.45) is 16.6 Å². The minimum atomic E-state index is 0.0593. The Bertz CT molecular complexity index is 595. The van der Waals surface area contributed by atoms with Crippen LogP contribution in [0.1, 0.15) is 51.0 Å². The number of rotatable bonds is 4. The minimum Gasteiger partial charge on any atom is -0.390 e. The molecule has 0 atom stereocenters. The topological polar surface area (TPSA) is 55.4 Å². The SMILES string of the molecule is CC(C)=C(N=CN)C(=O)C1CCC(c2cccc(Cl)c2)CC1. The standard InChI is InChI=1S/C18H23ClN2O/c1-12(2)17(21-11-20)18(22)14-8-6-13(7-9-14)15-4-3-5-16(19)10-15/h3-5,10-11,13-14H,6-9H2,1-2H3,(H2,20,21). The first kappa shape index (κ1) is 16.8. The Kier molecular flexibility index (Phi) is 5.78. The molecule has 1 fully saturated rings. The third-order valence-electron chi connectivity index (χ3n) is 4.33. The molecule has 1 saturated carbocycles. The number of aliphatic imine (C=N–C) groups is 1. The van der Waals surface area contributed by atoms with Crippen molar-refractivity contribution in [2.75, 3.05) is 0 Å². The number of hydrogen-bond acceptors (Lipinski definition) is 2. The molecule has 0 aromatic heterocycles. The predicted molar refractivity (Wildman–Crippen MR) is 92.2 cm³/mol. The number of carbonyl (C=O) groups is 1. The molecule has 0 amide bonds. The van der Waals surface area contributed by atoms with Gasteiger partial charge >= 0.3 is 0 Å². The quantitative estimate of drug-likeness (QED) is 0.506. The number of allylic oxidation sites excluding steroid dienone is 2. The van der Waals surface area contributed by atoms with Crippen molar-refractivity contribution < 1.29 is 4.79 Å². The van der Waals surface area contributed by atoms with Gasteiger partial charge in [-0.05, 0) is 68.7 Å². The lowest BCUT2D eigenvalue weighted by Crippen LogP contribution is -2.23. The highest BCUT2D eigenvalue weighted by Gasteiger charge is 2.29. The second-order valence-electron chi connectivity index (χ2n) is 6.09. The van der Waals surface area contributed by atoms with E-state index < -0.39 is 0 Å². The van der Waals surface area contributed by atoms with Gasteiger partial charge in [0.25, 0.3) is 0 Å². The third-order valence-corrected chi connectivity index (χ3v) is 4.56. The normalized spacial score (nSPS) is 21.8. The van der Waals surface area contributed by atoms with Gasteiger partial charge in [0, 0.05) is 10.9 Å². The first-order chi connectivity index (χ1) is 10.5. The molecule has 2 N–H and O–H groups in total. The van der Waals surface area contributed by atoms with Crippen LogP contribution in [0.4, 0.5) is 0 Å². The fraction of sp³-hybridized carbons (Fsp3) is 0.444. The van der Waals surface area contributed by atoms with Crippen molar-refractivity contribution in [2.45, 2.75) is 45.4 Å². The first-order valence-corrected chi connectivity index (χ1v) is 8.12. The number of benzene rings is 1. The van der Waals surface area contributed by atoms with Gasteiger partial charge < -0.3 is 5.73 Å². The van der Waals surface area contributed by atoms with Crippen molar-refractivity contribution in [1.29, 1.82) is 0 Å². The summed E-state index contributed by atoms with van der Waals surface area (Å²) < 4.78 is 0. The second kappa shape index (κ2) is 7.59. The molecule has 0 radical (unpaired) electrons. The smallest absolute Gasteiger partial charge is 0.184 e. The van der Waals surface area contributed by atoms with Crippen molar-refractivity contribution in [1.82, 2.24) is 0 Å². The predicted octanol–water partition coefficient (Wildman–Crippen LogP) is 4.46. The van der Waals surface area contributed by atoms with Crippen molar-refractivity contribution in [3.05, 3.63) is 46.1 Å². The zero-order chi connectivity index (χ0) is 16.1. The summed E-state index contributed by atoms with van der Waals surface area (Å²) in [5, 5.41) is 0.778. The second-order valence-corrected chi connectivity index (χ2v) is 6.53. The van der Waals surface area contributed by atoms with Crippen LogP contribution in [0.2, 0.25) is 5.02 Å². The van der Waals surface area contributed by atoms with Crippen LogP contribution in [0.25, 0.3) is 0 Å². The van der Waals surface area contributed by atoms with E-state index in [1.54, 1.807) is 0 Å². The molecular weight excluding hydrogens is 296 g/mol. The molecule has 0 bridgehead atoms. The van der Waals surface area contributed by atoms with Crippen molar-refractivity contribution in [3.8, 4) is 0 Å². The largest absolute Gasteiger partial charge is 0.390 e. The summed E-state index contributed by atoms with van der Waals surface area (Å²) >= 11 is 6.07. The Morgan fingerprint density at radius 2 is 1.95 bits per heavy atom. The summed E-state index contributed by atoms with van der Waals surface area (Å²) in [5.74, 6) is 0.686. The number of ketones is 1. The average molecular weight is 319 g/mol. The number of hydrogen-bond donors (Lipinski definition) is 1. The van der Waals surface area contributed by atoms with Gasteiger partial charge in [0.15, 0.2) is 5.78 Å². The minimum absolute atomic E-state index is 0.0593. The molecular formula is C18H23ClN2O. The average Bonchev–Trinajstić information content (AvgIpc) is 2.52. The molecule has 0 saturated heterocycles. The van der Waals surface area contributed by atoms with Crippen LogP contribution in [0, 0.1) is 5.92 Å². The van der Waals surface area contributed by atoms with Gasteiger partial charge in [-0.1, -0.05) is 23.7 Å². The fourth-order valence-corrected chi connectivity index (χ4v) is 3.36. The van der Waals surface area contributed by atoms with Crippen LogP contribution < -0.4 is 5.73 Å². The van der Waals surface area contributed by atoms with Crippen LogP contribution in [0.3, 0.4) is 0 Å². The van der Waals surface area contributed by atoms with E-state index in [9.17, 15) is 4.79 Å². The van der Waals surface area contributed by atoms with Gasteiger partial charge in [-0.25, -0.2) is 4.99 Å². The summed E-state index contributed by atoms with van der Waals surface area (Å²) in [6.07, 6.45) is 5.02. The van der Waals surface area contributed by atoms with Crippen LogP contribution in [0.15, 0.2) is 40.5 Å². The lowest BCUT2D eigenvalue weighted by Gasteiger charge is -2.28. The van der Waals surface area contributed by atoms with E-state index in [0.29, 0.717) is 11.6 Å². The van der Waals surface area contributed by atoms with E-state index in [4.69, 9.17) is 17.3 Å².